The van der Waals surface area contributed by atoms with Crippen LogP contribution >= 0.6 is 0 Å². The third-order valence-electron chi connectivity index (χ3n) is 6.59. The number of benzene rings is 2. The SMILES string of the molecule is COc1ccc2cc(/C(=N/OCC(C)C)C3CCCN(C4CCCC4)C3)ccc2c1. The van der Waals surface area contributed by atoms with Crippen molar-refractivity contribution in [2.24, 2.45) is 17.0 Å². The molecule has 30 heavy (non-hydrogen) atoms. The van der Waals surface area contributed by atoms with E-state index >= 15 is 0 Å². The summed E-state index contributed by atoms with van der Waals surface area (Å²) >= 11 is 0. The smallest absolute Gasteiger partial charge is 0.119 e. The molecule has 1 aliphatic heterocycles. The number of hydrogen-bond acceptors (Lipinski definition) is 4. The minimum atomic E-state index is 0.433. The van der Waals surface area contributed by atoms with Crippen molar-refractivity contribution in [1.82, 2.24) is 4.90 Å². The van der Waals surface area contributed by atoms with Gasteiger partial charge < -0.3 is 9.57 Å². The topological polar surface area (TPSA) is 34.1 Å². The van der Waals surface area contributed by atoms with Gasteiger partial charge in [0.15, 0.2) is 0 Å². The number of oxime groups is 1. The number of rotatable bonds is 7. The lowest BCUT2D eigenvalue weighted by molar-refractivity contribution is 0.112. The maximum atomic E-state index is 5.82. The van der Waals surface area contributed by atoms with Gasteiger partial charge in [-0.05, 0) is 67.1 Å². The number of methoxy groups -OCH3 is 1. The molecule has 4 rings (SSSR count). The first-order valence-corrected chi connectivity index (χ1v) is 11.7. The second-order valence-corrected chi connectivity index (χ2v) is 9.37. The molecule has 0 radical (unpaired) electrons. The van der Waals surface area contributed by atoms with Crippen LogP contribution in [0.15, 0.2) is 41.6 Å². The molecule has 0 N–H and O–H groups in total. The lowest BCUT2D eigenvalue weighted by Gasteiger charge is -2.37. The second kappa shape index (κ2) is 9.82. The fourth-order valence-electron chi connectivity index (χ4n) is 4.96. The highest BCUT2D eigenvalue weighted by molar-refractivity contribution is 6.04. The zero-order chi connectivity index (χ0) is 20.9. The first kappa shape index (κ1) is 21.2. The first-order valence-electron chi connectivity index (χ1n) is 11.7. The van der Waals surface area contributed by atoms with Crippen LogP contribution in [-0.2, 0) is 4.84 Å². The van der Waals surface area contributed by atoms with Crippen LogP contribution in [0.3, 0.4) is 0 Å². The van der Waals surface area contributed by atoms with Crippen LogP contribution in [-0.4, -0.2) is 43.5 Å². The van der Waals surface area contributed by atoms with Crippen molar-refractivity contribution in [2.45, 2.75) is 58.4 Å². The predicted octanol–water partition coefficient (Wildman–Crippen LogP) is 5.88. The largest absolute Gasteiger partial charge is 0.497 e. The summed E-state index contributed by atoms with van der Waals surface area (Å²) in [6.45, 7) is 7.34. The minimum absolute atomic E-state index is 0.433. The summed E-state index contributed by atoms with van der Waals surface area (Å²) in [6.07, 6.45) is 7.93. The van der Waals surface area contributed by atoms with E-state index in [2.05, 4.69) is 49.1 Å². The van der Waals surface area contributed by atoms with E-state index in [0.717, 1.165) is 24.0 Å². The summed E-state index contributed by atoms with van der Waals surface area (Å²) < 4.78 is 5.38. The number of likely N-dealkylation sites (tertiary alicyclic amines) is 1. The molecular formula is C26H36N2O2. The zero-order valence-corrected chi connectivity index (χ0v) is 18.8. The predicted molar refractivity (Wildman–Crippen MR) is 124 cm³/mol. The summed E-state index contributed by atoms with van der Waals surface area (Å²) in [4.78, 5) is 8.55. The molecule has 0 amide bonds. The van der Waals surface area contributed by atoms with Crippen molar-refractivity contribution < 1.29 is 9.57 Å². The highest BCUT2D eigenvalue weighted by Crippen LogP contribution is 2.31. The monoisotopic (exact) mass is 408 g/mol. The van der Waals surface area contributed by atoms with Gasteiger partial charge in [-0.15, -0.1) is 0 Å². The van der Waals surface area contributed by atoms with Crippen LogP contribution in [0, 0.1) is 11.8 Å². The Balaban J connectivity index is 1.61. The quantitative estimate of drug-likeness (QED) is 0.424. The van der Waals surface area contributed by atoms with Gasteiger partial charge in [-0.1, -0.05) is 50.0 Å². The van der Waals surface area contributed by atoms with Crippen LogP contribution in [0.2, 0.25) is 0 Å². The minimum Gasteiger partial charge on any atom is -0.497 e. The van der Waals surface area contributed by atoms with E-state index in [9.17, 15) is 0 Å². The van der Waals surface area contributed by atoms with Gasteiger partial charge in [-0.3, -0.25) is 4.90 Å². The lowest BCUT2D eigenvalue weighted by atomic mass is 9.87. The molecule has 2 fully saturated rings. The second-order valence-electron chi connectivity index (χ2n) is 9.37. The van der Waals surface area contributed by atoms with E-state index in [4.69, 9.17) is 14.7 Å². The molecule has 1 saturated heterocycles. The van der Waals surface area contributed by atoms with Gasteiger partial charge in [0.2, 0.25) is 0 Å². The average molecular weight is 409 g/mol. The van der Waals surface area contributed by atoms with E-state index < -0.39 is 0 Å². The highest BCUT2D eigenvalue weighted by Gasteiger charge is 2.31. The van der Waals surface area contributed by atoms with Gasteiger partial charge in [0.1, 0.15) is 12.4 Å². The molecule has 4 nitrogen and oxygen atoms in total. The molecule has 2 aliphatic rings. The normalized spacial score (nSPS) is 21.5. The Bertz CT molecular complexity index is 870. The Kier molecular flexibility index (Phi) is 6.93. The molecule has 162 valence electrons. The molecular weight excluding hydrogens is 372 g/mol. The number of ether oxygens (including phenoxy) is 1. The Morgan fingerprint density at radius 2 is 1.80 bits per heavy atom. The summed E-state index contributed by atoms with van der Waals surface area (Å²) in [7, 11) is 1.71. The summed E-state index contributed by atoms with van der Waals surface area (Å²) in [5.41, 5.74) is 2.31. The van der Waals surface area contributed by atoms with Crippen LogP contribution in [0.1, 0.15) is 57.9 Å². The molecule has 1 aliphatic carbocycles. The lowest BCUT2D eigenvalue weighted by Crippen LogP contribution is -2.43. The first-order chi connectivity index (χ1) is 14.6. The molecule has 0 spiro atoms. The van der Waals surface area contributed by atoms with Crippen molar-refractivity contribution in [2.75, 3.05) is 26.8 Å². The van der Waals surface area contributed by atoms with E-state index in [-0.39, 0.29) is 0 Å². The van der Waals surface area contributed by atoms with Crippen molar-refractivity contribution in [3.63, 3.8) is 0 Å². The fraction of sp³-hybridized carbons (Fsp3) is 0.577. The molecule has 1 atom stereocenters. The molecule has 2 aromatic carbocycles. The van der Waals surface area contributed by atoms with E-state index in [1.54, 1.807) is 7.11 Å². The van der Waals surface area contributed by atoms with E-state index in [1.165, 1.54) is 61.4 Å². The summed E-state index contributed by atoms with van der Waals surface area (Å²) in [5, 5.41) is 7.13. The third-order valence-corrected chi connectivity index (χ3v) is 6.59. The van der Waals surface area contributed by atoms with Gasteiger partial charge >= 0.3 is 0 Å². The molecule has 1 saturated carbocycles. The van der Waals surface area contributed by atoms with Crippen molar-refractivity contribution in [1.29, 1.82) is 0 Å². The van der Waals surface area contributed by atoms with Gasteiger partial charge in [0.25, 0.3) is 0 Å². The number of hydrogen-bond donors (Lipinski definition) is 0. The van der Waals surface area contributed by atoms with Crippen molar-refractivity contribution in [3.05, 3.63) is 42.0 Å². The van der Waals surface area contributed by atoms with Crippen LogP contribution in [0.25, 0.3) is 10.8 Å². The average Bonchev–Trinajstić information content (AvgIpc) is 3.31. The standard InChI is InChI=1S/C26H36N2O2/c1-19(2)18-30-27-26(23-7-6-14-28(17-23)24-8-4-5-9-24)22-11-10-21-16-25(29-3)13-12-20(21)15-22/h10-13,15-16,19,23-24H,4-9,14,17-18H2,1-3H3/b27-26-. The molecule has 0 bridgehead atoms. The van der Waals surface area contributed by atoms with Crippen LogP contribution in [0.5, 0.6) is 5.75 Å². The maximum Gasteiger partial charge on any atom is 0.119 e. The maximum absolute atomic E-state index is 5.82. The van der Waals surface area contributed by atoms with E-state index in [0.29, 0.717) is 18.4 Å². The van der Waals surface area contributed by atoms with E-state index in [1.807, 2.05) is 6.07 Å². The molecule has 0 aromatic heterocycles. The van der Waals surface area contributed by atoms with Crippen molar-refractivity contribution >= 4 is 16.5 Å². The number of nitrogens with zero attached hydrogens (tertiary/aromatic N) is 2. The molecule has 1 heterocycles. The summed E-state index contributed by atoms with van der Waals surface area (Å²) in [6, 6.07) is 13.7. The molecule has 1 unspecified atom stereocenters. The molecule has 2 aromatic rings. The number of piperidine rings is 1. The summed E-state index contributed by atoms with van der Waals surface area (Å²) in [5.74, 6) is 1.80. The number of fused-ring (bicyclic) bond motifs is 1. The third kappa shape index (κ3) is 4.97. The Morgan fingerprint density at radius 1 is 1.03 bits per heavy atom. The van der Waals surface area contributed by atoms with Gasteiger partial charge in [0, 0.05) is 24.1 Å². The van der Waals surface area contributed by atoms with Gasteiger partial charge in [-0.25, -0.2) is 0 Å². The fourth-order valence-corrected chi connectivity index (χ4v) is 4.96. The zero-order valence-electron chi connectivity index (χ0n) is 18.8. The van der Waals surface area contributed by atoms with Crippen LogP contribution in [0.4, 0.5) is 0 Å². The van der Waals surface area contributed by atoms with Crippen LogP contribution < -0.4 is 4.74 Å². The Morgan fingerprint density at radius 3 is 2.57 bits per heavy atom. The highest BCUT2D eigenvalue weighted by atomic mass is 16.6. The van der Waals surface area contributed by atoms with Crippen molar-refractivity contribution in [3.8, 4) is 5.75 Å². The Labute approximate surface area is 181 Å². The van der Waals surface area contributed by atoms with Gasteiger partial charge in [-0.2, -0.15) is 0 Å². The Hall–Kier alpha value is -2.07. The molecule has 4 heteroatoms. The van der Waals surface area contributed by atoms with Gasteiger partial charge in [0.05, 0.1) is 12.8 Å².